The van der Waals surface area contributed by atoms with E-state index in [0.29, 0.717) is 0 Å². The van der Waals surface area contributed by atoms with Crippen LogP contribution in [0.25, 0.3) is 0 Å². The Labute approximate surface area is 141 Å². The molecule has 0 heterocycles. The number of nitrogens with two attached hydrogens (primary N) is 2. The van der Waals surface area contributed by atoms with Crippen molar-refractivity contribution in [1.29, 1.82) is 0 Å². The van der Waals surface area contributed by atoms with Crippen LogP contribution >= 0.6 is 0 Å². The SMILES string of the molecule is CCCCc1ccc(CCCC)c(N)c1.Cc1cccc(N)c1. The molecular weight excluding hydrogens is 280 g/mol. The first-order chi connectivity index (χ1) is 11.1. The van der Waals surface area contributed by atoms with E-state index >= 15 is 0 Å². The fraction of sp³-hybridized carbons (Fsp3) is 0.429. The van der Waals surface area contributed by atoms with Crippen molar-refractivity contribution >= 4 is 11.4 Å². The number of hydrogen-bond acceptors (Lipinski definition) is 2. The number of nitrogen functional groups attached to an aromatic ring is 2. The Hall–Kier alpha value is -1.96. The van der Waals surface area contributed by atoms with Gasteiger partial charge in [-0.05, 0) is 67.5 Å². The highest BCUT2D eigenvalue weighted by Crippen LogP contribution is 2.18. The van der Waals surface area contributed by atoms with Crippen molar-refractivity contribution in [2.45, 2.75) is 59.3 Å². The first kappa shape index (κ1) is 19.1. The summed E-state index contributed by atoms with van der Waals surface area (Å²) in [5.41, 5.74) is 17.2. The second-order valence-corrected chi connectivity index (χ2v) is 6.15. The van der Waals surface area contributed by atoms with Gasteiger partial charge in [-0.2, -0.15) is 0 Å². The molecule has 0 unspecified atom stereocenters. The molecule has 0 amide bonds. The molecule has 0 atom stereocenters. The van der Waals surface area contributed by atoms with Crippen LogP contribution in [-0.4, -0.2) is 0 Å². The van der Waals surface area contributed by atoms with Crippen LogP contribution in [0.3, 0.4) is 0 Å². The van der Waals surface area contributed by atoms with E-state index in [-0.39, 0.29) is 0 Å². The molecule has 2 aromatic carbocycles. The van der Waals surface area contributed by atoms with Crippen molar-refractivity contribution in [3.63, 3.8) is 0 Å². The van der Waals surface area contributed by atoms with Gasteiger partial charge in [-0.1, -0.05) is 51.0 Å². The fourth-order valence-corrected chi connectivity index (χ4v) is 2.45. The molecule has 4 N–H and O–H groups in total. The highest BCUT2D eigenvalue weighted by Gasteiger charge is 2.00. The van der Waals surface area contributed by atoms with Crippen molar-refractivity contribution in [3.05, 3.63) is 59.2 Å². The summed E-state index contributed by atoms with van der Waals surface area (Å²) in [6, 6.07) is 14.4. The molecule has 126 valence electrons. The molecule has 2 heteroatoms. The summed E-state index contributed by atoms with van der Waals surface area (Å²) in [5.74, 6) is 0. The number of hydrogen-bond donors (Lipinski definition) is 2. The van der Waals surface area contributed by atoms with Gasteiger partial charge in [-0.15, -0.1) is 0 Å². The molecule has 23 heavy (non-hydrogen) atoms. The maximum atomic E-state index is 6.03. The van der Waals surface area contributed by atoms with E-state index in [4.69, 9.17) is 11.5 Å². The lowest BCUT2D eigenvalue weighted by atomic mass is 10.0. The van der Waals surface area contributed by atoms with E-state index in [1.807, 2.05) is 31.2 Å². The first-order valence-corrected chi connectivity index (χ1v) is 8.76. The van der Waals surface area contributed by atoms with Crippen molar-refractivity contribution in [2.75, 3.05) is 11.5 Å². The largest absolute Gasteiger partial charge is 0.399 e. The topological polar surface area (TPSA) is 52.0 Å². The summed E-state index contributed by atoms with van der Waals surface area (Å²) in [6.45, 7) is 6.46. The average Bonchev–Trinajstić information content (AvgIpc) is 2.52. The van der Waals surface area contributed by atoms with E-state index in [1.165, 1.54) is 42.4 Å². The Bertz CT molecular complexity index is 559. The van der Waals surface area contributed by atoms with Crippen LogP contribution in [0.15, 0.2) is 42.5 Å². The van der Waals surface area contributed by atoms with Crippen molar-refractivity contribution in [2.24, 2.45) is 0 Å². The van der Waals surface area contributed by atoms with E-state index < -0.39 is 0 Å². The summed E-state index contributed by atoms with van der Waals surface area (Å²) in [5, 5.41) is 0. The second-order valence-electron chi connectivity index (χ2n) is 6.15. The number of rotatable bonds is 6. The summed E-state index contributed by atoms with van der Waals surface area (Å²) >= 11 is 0. The summed E-state index contributed by atoms with van der Waals surface area (Å²) < 4.78 is 0. The second kappa shape index (κ2) is 10.7. The minimum atomic E-state index is 0.838. The smallest absolute Gasteiger partial charge is 0.0349 e. The molecule has 2 rings (SSSR count). The van der Waals surface area contributed by atoms with Gasteiger partial charge in [0.1, 0.15) is 0 Å². The lowest BCUT2D eigenvalue weighted by molar-refractivity contribution is 0.787. The highest BCUT2D eigenvalue weighted by molar-refractivity contribution is 5.49. The van der Waals surface area contributed by atoms with Crippen LogP contribution in [-0.2, 0) is 12.8 Å². The first-order valence-electron chi connectivity index (χ1n) is 8.76. The van der Waals surface area contributed by atoms with Gasteiger partial charge in [0.25, 0.3) is 0 Å². The Kier molecular flexibility index (Phi) is 8.89. The van der Waals surface area contributed by atoms with E-state index in [0.717, 1.165) is 24.2 Å². The quantitative estimate of drug-likeness (QED) is 0.689. The Morgan fingerprint density at radius 2 is 1.52 bits per heavy atom. The number of anilines is 2. The van der Waals surface area contributed by atoms with E-state index in [1.54, 1.807) is 0 Å². The number of aryl methyl sites for hydroxylation is 3. The average molecular weight is 313 g/mol. The molecular formula is C21H32N2. The van der Waals surface area contributed by atoms with Gasteiger partial charge in [0.2, 0.25) is 0 Å². The Morgan fingerprint density at radius 1 is 0.826 bits per heavy atom. The van der Waals surface area contributed by atoms with E-state index in [9.17, 15) is 0 Å². The fourth-order valence-electron chi connectivity index (χ4n) is 2.45. The predicted molar refractivity (Wildman–Crippen MR) is 104 cm³/mol. The number of benzene rings is 2. The molecule has 0 saturated heterocycles. The van der Waals surface area contributed by atoms with Gasteiger partial charge >= 0.3 is 0 Å². The lowest BCUT2D eigenvalue weighted by Crippen LogP contribution is -1.96. The normalized spacial score (nSPS) is 10.0. The van der Waals surface area contributed by atoms with Gasteiger partial charge in [0, 0.05) is 11.4 Å². The number of unbranched alkanes of at least 4 members (excludes halogenated alkanes) is 2. The summed E-state index contributed by atoms with van der Waals surface area (Å²) in [6.07, 6.45) is 7.26. The molecule has 0 aliphatic rings. The van der Waals surface area contributed by atoms with Gasteiger partial charge < -0.3 is 11.5 Å². The van der Waals surface area contributed by atoms with Gasteiger partial charge in [0.15, 0.2) is 0 Å². The van der Waals surface area contributed by atoms with Crippen LogP contribution in [0.2, 0.25) is 0 Å². The van der Waals surface area contributed by atoms with Crippen LogP contribution in [0.5, 0.6) is 0 Å². The predicted octanol–water partition coefficient (Wildman–Crippen LogP) is 5.53. The molecule has 2 aromatic rings. The Morgan fingerprint density at radius 3 is 2.04 bits per heavy atom. The summed E-state index contributed by atoms with van der Waals surface area (Å²) in [7, 11) is 0. The molecule has 0 radical (unpaired) electrons. The molecule has 0 saturated carbocycles. The van der Waals surface area contributed by atoms with Crippen molar-refractivity contribution in [3.8, 4) is 0 Å². The van der Waals surface area contributed by atoms with Gasteiger partial charge in [-0.3, -0.25) is 0 Å². The third-order valence-corrected chi connectivity index (χ3v) is 3.87. The monoisotopic (exact) mass is 312 g/mol. The molecule has 0 aliphatic heterocycles. The zero-order chi connectivity index (χ0) is 17.1. The van der Waals surface area contributed by atoms with E-state index in [2.05, 4.69) is 32.0 Å². The van der Waals surface area contributed by atoms with Crippen molar-refractivity contribution < 1.29 is 0 Å². The third-order valence-electron chi connectivity index (χ3n) is 3.87. The van der Waals surface area contributed by atoms with Gasteiger partial charge in [-0.25, -0.2) is 0 Å². The molecule has 0 fully saturated rings. The minimum absolute atomic E-state index is 0.838. The maximum absolute atomic E-state index is 6.03. The third kappa shape index (κ3) is 7.73. The molecule has 0 aliphatic carbocycles. The molecule has 0 bridgehead atoms. The van der Waals surface area contributed by atoms with Crippen LogP contribution < -0.4 is 11.5 Å². The maximum Gasteiger partial charge on any atom is 0.0349 e. The van der Waals surface area contributed by atoms with Crippen LogP contribution in [0, 0.1) is 6.92 Å². The molecule has 0 spiro atoms. The summed E-state index contributed by atoms with van der Waals surface area (Å²) in [4.78, 5) is 0. The highest BCUT2D eigenvalue weighted by atomic mass is 14.6. The van der Waals surface area contributed by atoms with Crippen LogP contribution in [0.1, 0.15) is 56.2 Å². The zero-order valence-electron chi connectivity index (χ0n) is 14.9. The molecule has 0 aromatic heterocycles. The Balaban J connectivity index is 0.000000277. The van der Waals surface area contributed by atoms with Gasteiger partial charge in [0.05, 0.1) is 0 Å². The van der Waals surface area contributed by atoms with Crippen LogP contribution in [0.4, 0.5) is 11.4 Å². The minimum Gasteiger partial charge on any atom is -0.399 e. The van der Waals surface area contributed by atoms with Crippen molar-refractivity contribution in [1.82, 2.24) is 0 Å². The standard InChI is InChI=1S/C14H23N.C7H9N/c1-3-5-7-12-9-10-13(8-6-4-2)14(15)11-12;1-6-3-2-4-7(8)5-6/h9-11H,3-8,15H2,1-2H3;2-5H,8H2,1H3. The lowest BCUT2D eigenvalue weighted by Gasteiger charge is -2.07. The molecule has 2 nitrogen and oxygen atoms in total. The zero-order valence-corrected chi connectivity index (χ0v) is 14.9.